The molecular weight excluding hydrogens is 309 g/mol. The third kappa shape index (κ3) is 4.51. The largest absolute Gasteiger partial charge is 0.347 e. The number of carbonyl (C=O) groups is 2. The molecule has 106 valence electrons. The zero-order valence-corrected chi connectivity index (χ0v) is 13.5. The molecule has 6 heteroatoms. The molecule has 0 amide bonds. The van der Waals surface area contributed by atoms with Crippen LogP contribution in [0, 0.1) is 5.41 Å². The van der Waals surface area contributed by atoms with Gasteiger partial charge < -0.3 is 4.57 Å². The number of halogens is 3. The van der Waals surface area contributed by atoms with Gasteiger partial charge in [0.05, 0.1) is 5.69 Å². The summed E-state index contributed by atoms with van der Waals surface area (Å²) < 4.78 is -0.517. The Kier molecular flexibility index (Phi) is 4.76. The highest BCUT2D eigenvalue weighted by molar-refractivity contribution is 6.77. The first-order chi connectivity index (χ1) is 8.42. The lowest BCUT2D eigenvalue weighted by Gasteiger charge is -2.15. The molecule has 0 aromatic carbocycles. The van der Waals surface area contributed by atoms with Crippen LogP contribution < -0.4 is 0 Å². The van der Waals surface area contributed by atoms with Crippen LogP contribution in [0.1, 0.15) is 48.0 Å². The van der Waals surface area contributed by atoms with Gasteiger partial charge in [0.2, 0.25) is 5.78 Å². The van der Waals surface area contributed by atoms with E-state index in [0.29, 0.717) is 12.0 Å². The summed E-state index contributed by atoms with van der Waals surface area (Å²) in [6.45, 7) is 5.92. The second kappa shape index (κ2) is 5.47. The van der Waals surface area contributed by atoms with Gasteiger partial charge in [0.1, 0.15) is 0 Å². The van der Waals surface area contributed by atoms with Crippen molar-refractivity contribution in [3.63, 3.8) is 0 Å². The molecule has 19 heavy (non-hydrogen) atoms. The summed E-state index contributed by atoms with van der Waals surface area (Å²) >= 11 is 16.7. The predicted molar refractivity (Wildman–Crippen MR) is 78.4 cm³/mol. The highest BCUT2D eigenvalue weighted by Crippen LogP contribution is 2.31. The van der Waals surface area contributed by atoms with Gasteiger partial charge >= 0.3 is 0 Å². The molecule has 0 radical (unpaired) electrons. The van der Waals surface area contributed by atoms with Crippen molar-refractivity contribution in [3.8, 4) is 0 Å². The number of nitrogens with zero attached hydrogens (tertiary/aromatic N) is 1. The highest BCUT2D eigenvalue weighted by atomic mass is 35.6. The van der Waals surface area contributed by atoms with Crippen molar-refractivity contribution < 1.29 is 9.59 Å². The van der Waals surface area contributed by atoms with Crippen molar-refractivity contribution in [1.29, 1.82) is 0 Å². The average Bonchev–Trinajstić information content (AvgIpc) is 2.55. The minimum absolute atomic E-state index is 0.0357. The molecule has 0 unspecified atom stereocenters. The first kappa shape index (κ1) is 16.5. The third-order valence-corrected chi connectivity index (χ3v) is 3.02. The summed E-state index contributed by atoms with van der Waals surface area (Å²) in [5.74, 6) is -0.679. The number of rotatable bonds is 3. The number of aromatic nitrogens is 1. The number of hydrogen-bond acceptors (Lipinski definition) is 2. The molecular formula is C13H16Cl3NO2. The van der Waals surface area contributed by atoms with E-state index in [1.165, 1.54) is 10.6 Å². The number of Topliss-reactive ketones (excluding diaryl/α,β-unsaturated/α-hetero) is 2. The van der Waals surface area contributed by atoms with Crippen LogP contribution in [0.4, 0.5) is 0 Å². The van der Waals surface area contributed by atoms with Gasteiger partial charge in [-0.05, 0) is 11.5 Å². The lowest BCUT2D eigenvalue weighted by Crippen LogP contribution is -2.21. The lowest BCUT2D eigenvalue weighted by molar-refractivity contribution is 0.0939. The number of aryl methyl sites for hydroxylation is 1. The average molecular weight is 325 g/mol. The smallest absolute Gasteiger partial charge is 0.255 e. The van der Waals surface area contributed by atoms with Crippen LogP contribution in [0.2, 0.25) is 0 Å². The fraction of sp³-hybridized carbons (Fsp3) is 0.538. The Balaban J connectivity index is 3.04. The molecule has 1 rings (SSSR count). The molecule has 0 aliphatic heterocycles. The van der Waals surface area contributed by atoms with Crippen molar-refractivity contribution in [2.24, 2.45) is 12.5 Å². The Morgan fingerprint density at radius 2 is 1.74 bits per heavy atom. The SMILES string of the molecule is Cn1cc(C(=O)CC(C)(C)C)cc1C(=O)C(Cl)(Cl)Cl. The fourth-order valence-corrected chi connectivity index (χ4v) is 1.96. The maximum Gasteiger partial charge on any atom is 0.255 e. The van der Waals surface area contributed by atoms with Crippen LogP contribution in [0.25, 0.3) is 0 Å². The van der Waals surface area contributed by atoms with E-state index >= 15 is 0 Å². The molecule has 1 aromatic heterocycles. The quantitative estimate of drug-likeness (QED) is 0.617. The van der Waals surface area contributed by atoms with Gasteiger partial charge in [-0.1, -0.05) is 55.6 Å². The van der Waals surface area contributed by atoms with Crippen molar-refractivity contribution in [2.75, 3.05) is 0 Å². The lowest BCUT2D eigenvalue weighted by atomic mass is 9.88. The standard InChI is InChI=1S/C13H16Cl3NO2/c1-12(2,3)6-10(18)8-5-9(17(4)7-8)11(19)13(14,15)16/h5,7H,6H2,1-4H3. The Morgan fingerprint density at radius 3 is 2.16 bits per heavy atom. The van der Waals surface area contributed by atoms with Gasteiger partial charge in [-0.3, -0.25) is 9.59 Å². The number of carbonyl (C=O) groups excluding carboxylic acids is 2. The second-order valence-corrected chi connectivity index (χ2v) is 7.99. The molecule has 0 fully saturated rings. The summed E-state index contributed by atoms with van der Waals surface area (Å²) in [5.41, 5.74) is 0.541. The van der Waals surface area contributed by atoms with E-state index in [1.807, 2.05) is 20.8 Å². The summed E-state index contributed by atoms with van der Waals surface area (Å²) in [5, 5.41) is 0. The Morgan fingerprint density at radius 1 is 1.21 bits per heavy atom. The fourth-order valence-electron chi connectivity index (χ4n) is 1.67. The van der Waals surface area contributed by atoms with Crippen molar-refractivity contribution in [3.05, 3.63) is 23.5 Å². The molecule has 0 aliphatic rings. The monoisotopic (exact) mass is 323 g/mol. The Bertz CT molecular complexity index is 507. The van der Waals surface area contributed by atoms with Crippen molar-refractivity contribution in [2.45, 2.75) is 31.0 Å². The van der Waals surface area contributed by atoms with Crippen LogP contribution in [0.3, 0.4) is 0 Å². The van der Waals surface area contributed by atoms with E-state index in [2.05, 4.69) is 0 Å². The van der Waals surface area contributed by atoms with Crippen LogP contribution in [-0.2, 0) is 7.05 Å². The molecule has 0 saturated heterocycles. The minimum Gasteiger partial charge on any atom is -0.347 e. The van der Waals surface area contributed by atoms with E-state index in [1.54, 1.807) is 13.2 Å². The Labute approximate surface area is 127 Å². The summed E-state index contributed by atoms with van der Waals surface area (Å²) in [7, 11) is 1.64. The second-order valence-electron chi connectivity index (χ2n) is 5.71. The van der Waals surface area contributed by atoms with Gasteiger partial charge in [0, 0.05) is 25.2 Å². The predicted octanol–water partition coefficient (Wildman–Crippen LogP) is 4.20. The van der Waals surface area contributed by atoms with Gasteiger partial charge in [-0.15, -0.1) is 0 Å². The normalized spacial score (nSPS) is 12.6. The number of hydrogen-bond donors (Lipinski definition) is 0. The molecule has 0 saturated carbocycles. The van der Waals surface area contributed by atoms with Crippen LogP contribution >= 0.6 is 34.8 Å². The van der Waals surface area contributed by atoms with Gasteiger partial charge in [0.15, 0.2) is 5.78 Å². The molecule has 0 atom stereocenters. The van der Waals surface area contributed by atoms with E-state index in [4.69, 9.17) is 34.8 Å². The van der Waals surface area contributed by atoms with Crippen LogP contribution in [0.5, 0.6) is 0 Å². The maximum absolute atomic E-state index is 12.1. The topological polar surface area (TPSA) is 39.1 Å². The van der Waals surface area contributed by atoms with E-state index in [-0.39, 0.29) is 16.9 Å². The van der Waals surface area contributed by atoms with Crippen LogP contribution in [0.15, 0.2) is 12.3 Å². The molecule has 0 spiro atoms. The summed E-state index contributed by atoms with van der Waals surface area (Å²) in [6, 6.07) is 1.47. The number of alkyl halides is 3. The molecule has 1 aromatic rings. The van der Waals surface area contributed by atoms with E-state index < -0.39 is 9.58 Å². The minimum atomic E-state index is -2.02. The highest BCUT2D eigenvalue weighted by Gasteiger charge is 2.34. The first-order valence-corrected chi connectivity index (χ1v) is 6.86. The van der Waals surface area contributed by atoms with Gasteiger partial charge in [-0.2, -0.15) is 0 Å². The first-order valence-electron chi connectivity index (χ1n) is 5.73. The van der Waals surface area contributed by atoms with Crippen LogP contribution in [-0.4, -0.2) is 19.9 Å². The maximum atomic E-state index is 12.1. The molecule has 0 N–H and O–H groups in total. The zero-order valence-electron chi connectivity index (χ0n) is 11.3. The molecule has 0 bridgehead atoms. The molecule has 3 nitrogen and oxygen atoms in total. The zero-order chi connectivity index (χ0) is 15.0. The summed E-state index contributed by atoms with van der Waals surface area (Å²) in [6.07, 6.45) is 1.97. The number of ketones is 2. The van der Waals surface area contributed by atoms with E-state index in [0.717, 1.165) is 0 Å². The van der Waals surface area contributed by atoms with E-state index in [9.17, 15) is 9.59 Å². The summed E-state index contributed by atoms with van der Waals surface area (Å²) in [4.78, 5) is 24.0. The van der Waals surface area contributed by atoms with Gasteiger partial charge in [0.25, 0.3) is 3.79 Å². The van der Waals surface area contributed by atoms with Gasteiger partial charge in [-0.25, -0.2) is 0 Å². The van der Waals surface area contributed by atoms with Crippen molar-refractivity contribution in [1.82, 2.24) is 4.57 Å². The molecule has 0 aliphatic carbocycles. The molecule has 1 heterocycles. The van der Waals surface area contributed by atoms with Crippen molar-refractivity contribution >= 4 is 46.4 Å². The Hall–Kier alpha value is -0.510. The third-order valence-electron chi connectivity index (χ3n) is 2.51.